The number of nitrogens with zero attached hydrogens (tertiary/aromatic N) is 1. The van der Waals surface area contributed by atoms with E-state index < -0.39 is 0 Å². The van der Waals surface area contributed by atoms with Gasteiger partial charge in [0.1, 0.15) is 0 Å². The maximum atomic E-state index is 5.98. The molecule has 0 spiro atoms. The van der Waals surface area contributed by atoms with Crippen LogP contribution in [0.15, 0.2) is 18.2 Å². The van der Waals surface area contributed by atoms with E-state index in [1.54, 1.807) is 9.12 Å². The van der Waals surface area contributed by atoms with Gasteiger partial charge in [0.2, 0.25) is 0 Å². The summed E-state index contributed by atoms with van der Waals surface area (Å²) in [5.74, 6) is 0. The number of hydrogen-bond donors (Lipinski definition) is 0. The zero-order valence-corrected chi connectivity index (χ0v) is 11.4. The van der Waals surface area contributed by atoms with Crippen LogP contribution in [0.4, 0.5) is 0 Å². The average Bonchev–Trinajstić information content (AvgIpc) is 2.39. The highest BCUT2D eigenvalue weighted by atomic mass is 127. The maximum Gasteiger partial charge on any atom is 0.0408 e. The Kier molecular flexibility index (Phi) is 3.99. The third kappa shape index (κ3) is 2.56. The molecule has 1 heterocycles. The smallest absolute Gasteiger partial charge is 0.0408 e. The molecule has 4 heteroatoms. The van der Waals surface area contributed by atoms with Crippen LogP contribution in [-0.2, 0) is 12.8 Å². The second-order valence-electron chi connectivity index (χ2n) is 3.41. The highest BCUT2D eigenvalue weighted by Gasteiger charge is 2.13. The lowest BCUT2D eigenvalue weighted by Crippen LogP contribution is -2.16. The molecular formula is C10H11ClINS. The van der Waals surface area contributed by atoms with Gasteiger partial charge < -0.3 is 0 Å². The zero-order valence-electron chi connectivity index (χ0n) is 7.67. The first-order chi connectivity index (χ1) is 6.79. The molecule has 0 aliphatic carbocycles. The Hall–Kier alpha value is 0.550. The van der Waals surface area contributed by atoms with E-state index in [1.807, 2.05) is 6.07 Å². The van der Waals surface area contributed by atoms with E-state index >= 15 is 0 Å². The third-order valence-electron chi connectivity index (χ3n) is 2.53. The highest BCUT2D eigenvalue weighted by Crippen LogP contribution is 2.25. The lowest BCUT2D eigenvalue weighted by atomic mass is 10.0. The molecule has 0 bridgehead atoms. The Morgan fingerprint density at radius 2 is 1.93 bits per heavy atom. The lowest BCUT2D eigenvalue weighted by molar-refractivity contribution is 0.499. The number of benzene rings is 1. The Labute approximate surface area is 106 Å². The maximum absolute atomic E-state index is 5.98. The number of hydrogen-bond acceptors (Lipinski definition) is 2. The third-order valence-corrected chi connectivity index (χ3v) is 4.99. The molecule has 0 saturated heterocycles. The summed E-state index contributed by atoms with van der Waals surface area (Å²) in [5, 5.41) is 0.860. The van der Waals surface area contributed by atoms with E-state index in [0.717, 1.165) is 31.0 Å². The van der Waals surface area contributed by atoms with Crippen LogP contribution in [0.25, 0.3) is 0 Å². The molecule has 0 amide bonds. The Balaban J connectivity index is 2.21. The summed E-state index contributed by atoms with van der Waals surface area (Å²) >= 11 is 8.33. The predicted octanol–water partition coefficient (Wildman–Crippen LogP) is 3.74. The molecule has 2 rings (SSSR count). The van der Waals surface area contributed by atoms with Crippen LogP contribution in [0.5, 0.6) is 0 Å². The summed E-state index contributed by atoms with van der Waals surface area (Å²) in [6, 6.07) is 6.27. The van der Waals surface area contributed by atoms with Gasteiger partial charge in [-0.3, -0.25) is 0 Å². The molecule has 0 atom stereocenters. The lowest BCUT2D eigenvalue weighted by Gasteiger charge is -2.13. The van der Waals surface area contributed by atoms with E-state index in [2.05, 4.69) is 37.6 Å². The molecule has 1 nitrogen and oxygen atoms in total. The van der Waals surface area contributed by atoms with Crippen LogP contribution in [0, 0.1) is 0 Å². The number of halogens is 2. The standard InChI is InChI=1S/C10H11ClINS/c11-10-2-1-8-3-5-13(14-12)6-4-9(8)7-10/h1-2,7H,3-6H2. The quantitative estimate of drug-likeness (QED) is 0.566. The van der Waals surface area contributed by atoms with Gasteiger partial charge in [0.05, 0.1) is 0 Å². The van der Waals surface area contributed by atoms with E-state index in [0.29, 0.717) is 0 Å². The molecule has 1 aliphatic heterocycles. The first kappa shape index (κ1) is 11.0. The molecule has 14 heavy (non-hydrogen) atoms. The fourth-order valence-electron chi connectivity index (χ4n) is 1.74. The van der Waals surface area contributed by atoms with Crippen LogP contribution in [0.3, 0.4) is 0 Å². The fourth-order valence-corrected chi connectivity index (χ4v) is 3.44. The molecule has 0 N–H and O–H groups in total. The van der Waals surface area contributed by atoms with Crippen molar-refractivity contribution in [2.45, 2.75) is 12.8 Å². The SMILES string of the molecule is Clc1ccc2c(c1)CCN(SI)CC2. The van der Waals surface area contributed by atoms with Gasteiger partial charge in [-0.15, -0.1) is 0 Å². The van der Waals surface area contributed by atoms with Crippen molar-refractivity contribution in [2.24, 2.45) is 0 Å². The van der Waals surface area contributed by atoms with Crippen molar-refractivity contribution >= 4 is 41.9 Å². The van der Waals surface area contributed by atoms with E-state index in [4.69, 9.17) is 11.6 Å². The molecule has 76 valence electrons. The van der Waals surface area contributed by atoms with Crippen LogP contribution < -0.4 is 0 Å². The van der Waals surface area contributed by atoms with Crippen molar-refractivity contribution in [1.82, 2.24) is 4.31 Å². The number of fused-ring (bicyclic) bond motifs is 1. The summed E-state index contributed by atoms with van der Waals surface area (Å²) in [4.78, 5) is 0. The number of rotatable bonds is 1. The molecule has 0 saturated carbocycles. The minimum absolute atomic E-state index is 0.860. The fraction of sp³-hybridized carbons (Fsp3) is 0.400. The second-order valence-corrected chi connectivity index (χ2v) is 5.68. The van der Waals surface area contributed by atoms with Crippen LogP contribution in [-0.4, -0.2) is 17.4 Å². The van der Waals surface area contributed by atoms with Crippen molar-refractivity contribution in [1.29, 1.82) is 0 Å². The van der Waals surface area contributed by atoms with Gasteiger partial charge in [-0.1, -0.05) is 17.7 Å². The topological polar surface area (TPSA) is 3.24 Å². The van der Waals surface area contributed by atoms with Crippen LogP contribution in [0.2, 0.25) is 5.02 Å². The molecule has 1 aromatic carbocycles. The average molecular weight is 340 g/mol. The molecule has 0 radical (unpaired) electrons. The summed E-state index contributed by atoms with van der Waals surface area (Å²) < 4.78 is 2.40. The first-order valence-corrected chi connectivity index (χ1v) is 8.30. The summed E-state index contributed by atoms with van der Waals surface area (Å²) in [5.41, 5.74) is 2.88. The van der Waals surface area contributed by atoms with Gasteiger partial charge >= 0.3 is 0 Å². The Morgan fingerprint density at radius 3 is 2.64 bits per heavy atom. The van der Waals surface area contributed by atoms with Gasteiger partial charge in [-0.2, -0.15) is 0 Å². The van der Waals surface area contributed by atoms with Gasteiger partial charge in [-0.05, 0) is 45.2 Å². The molecule has 1 aromatic rings. The molecule has 0 aromatic heterocycles. The van der Waals surface area contributed by atoms with E-state index in [1.165, 1.54) is 11.1 Å². The second kappa shape index (κ2) is 5.05. The minimum Gasteiger partial charge on any atom is -0.241 e. The highest BCUT2D eigenvalue weighted by molar-refractivity contribution is 14.2. The van der Waals surface area contributed by atoms with Gasteiger partial charge in [0, 0.05) is 39.3 Å². The van der Waals surface area contributed by atoms with E-state index in [9.17, 15) is 0 Å². The van der Waals surface area contributed by atoms with Gasteiger partial charge in [0.15, 0.2) is 0 Å². The monoisotopic (exact) mass is 339 g/mol. The van der Waals surface area contributed by atoms with E-state index in [-0.39, 0.29) is 0 Å². The minimum atomic E-state index is 0.860. The molecular weight excluding hydrogens is 329 g/mol. The largest absolute Gasteiger partial charge is 0.241 e. The van der Waals surface area contributed by atoms with Crippen molar-refractivity contribution < 1.29 is 0 Å². The van der Waals surface area contributed by atoms with Gasteiger partial charge in [-0.25, -0.2) is 4.31 Å². The molecule has 1 aliphatic rings. The Morgan fingerprint density at radius 1 is 1.21 bits per heavy atom. The molecule has 0 fully saturated rings. The van der Waals surface area contributed by atoms with Gasteiger partial charge in [0.25, 0.3) is 0 Å². The van der Waals surface area contributed by atoms with Crippen molar-refractivity contribution in [2.75, 3.05) is 13.1 Å². The summed E-state index contributed by atoms with van der Waals surface area (Å²) in [6.07, 6.45) is 2.26. The normalized spacial score (nSPS) is 17.6. The van der Waals surface area contributed by atoms with Crippen molar-refractivity contribution in [3.63, 3.8) is 0 Å². The first-order valence-electron chi connectivity index (χ1n) is 4.60. The van der Waals surface area contributed by atoms with Crippen LogP contribution in [0.1, 0.15) is 11.1 Å². The summed E-state index contributed by atoms with van der Waals surface area (Å²) in [6.45, 7) is 2.27. The Bertz CT molecular complexity index is 332. The molecule has 0 unspecified atom stereocenters. The van der Waals surface area contributed by atoms with Crippen molar-refractivity contribution in [3.8, 4) is 0 Å². The predicted molar refractivity (Wildman–Crippen MR) is 72.0 cm³/mol. The zero-order chi connectivity index (χ0) is 9.97. The van der Waals surface area contributed by atoms with Crippen molar-refractivity contribution in [3.05, 3.63) is 34.3 Å². The summed E-state index contributed by atoms with van der Waals surface area (Å²) in [7, 11) is 1.80. The van der Waals surface area contributed by atoms with Crippen LogP contribution >= 0.6 is 41.9 Å².